The number of phenols is 1. The Morgan fingerprint density at radius 1 is 0.840 bits per heavy atom. The fourth-order valence-corrected chi connectivity index (χ4v) is 2.56. The minimum atomic E-state index is 0.0632. The third-order valence-electron chi connectivity index (χ3n) is 4.32. The standard InChI is InChI=1S/C22H31NO2/c1-21(2,3)17-7-10-19(11-8-17)25-15-23-14-16-13-18(22(4,5)6)9-12-20(16)24/h7-13,23-24H,14-15H2,1-6H3. The van der Waals surface area contributed by atoms with Gasteiger partial charge >= 0.3 is 0 Å². The van der Waals surface area contributed by atoms with Crippen LogP contribution in [0.25, 0.3) is 0 Å². The van der Waals surface area contributed by atoms with Gasteiger partial charge in [-0.2, -0.15) is 0 Å². The molecule has 0 aliphatic heterocycles. The molecule has 0 fully saturated rings. The van der Waals surface area contributed by atoms with Crippen molar-refractivity contribution in [3.63, 3.8) is 0 Å². The van der Waals surface area contributed by atoms with Crippen molar-refractivity contribution in [2.75, 3.05) is 6.73 Å². The normalized spacial score (nSPS) is 12.2. The number of rotatable bonds is 5. The summed E-state index contributed by atoms with van der Waals surface area (Å²) in [4.78, 5) is 0. The number of aromatic hydroxyl groups is 1. The van der Waals surface area contributed by atoms with Gasteiger partial charge in [0.2, 0.25) is 0 Å². The highest BCUT2D eigenvalue weighted by molar-refractivity contribution is 5.38. The molecule has 0 aliphatic rings. The maximum absolute atomic E-state index is 10.0. The molecule has 0 unspecified atom stereocenters. The van der Waals surface area contributed by atoms with Crippen LogP contribution in [0.5, 0.6) is 11.5 Å². The largest absolute Gasteiger partial charge is 0.508 e. The van der Waals surface area contributed by atoms with Gasteiger partial charge in [-0.05, 0) is 40.2 Å². The molecule has 0 heterocycles. The Morgan fingerprint density at radius 2 is 1.40 bits per heavy atom. The molecule has 25 heavy (non-hydrogen) atoms. The van der Waals surface area contributed by atoms with Crippen LogP contribution < -0.4 is 10.1 Å². The zero-order chi connectivity index (χ0) is 18.7. The first-order valence-corrected chi connectivity index (χ1v) is 8.84. The van der Waals surface area contributed by atoms with Crippen molar-refractivity contribution in [3.05, 3.63) is 59.2 Å². The summed E-state index contributed by atoms with van der Waals surface area (Å²) in [7, 11) is 0. The number of phenolic OH excluding ortho intramolecular Hbond substituents is 1. The lowest BCUT2D eigenvalue weighted by Crippen LogP contribution is -2.20. The molecular weight excluding hydrogens is 310 g/mol. The van der Waals surface area contributed by atoms with Gasteiger partial charge in [-0.1, -0.05) is 65.8 Å². The minimum absolute atomic E-state index is 0.0632. The van der Waals surface area contributed by atoms with Crippen LogP contribution >= 0.6 is 0 Å². The van der Waals surface area contributed by atoms with Crippen LogP contribution in [0.4, 0.5) is 0 Å². The van der Waals surface area contributed by atoms with Gasteiger partial charge in [0.1, 0.15) is 18.2 Å². The maximum Gasteiger partial charge on any atom is 0.139 e. The van der Waals surface area contributed by atoms with Crippen molar-refractivity contribution in [1.29, 1.82) is 0 Å². The summed E-state index contributed by atoms with van der Waals surface area (Å²) in [6.45, 7) is 14.1. The third-order valence-corrected chi connectivity index (χ3v) is 4.32. The van der Waals surface area contributed by atoms with E-state index < -0.39 is 0 Å². The van der Waals surface area contributed by atoms with Gasteiger partial charge in [0.15, 0.2) is 0 Å². The molecule has 0 saturated heterocycles. The Bertz CT molecular complexity index is 691. The van der Waals surface area contributed by atoms with Gasteiger partial charge in [-0.3, -0.25) is 5.32 Å². The lowest BCUT2D eigenvalue weighted by Gasteiger charge is -2.20. The van der Waals surface area contributed by atoms with Crippen LogP contribution in [-0.4, -0.2) is 11.8 Å². The summed E-state index contributed by atoms with van der Waals surface area (Å²) in [6, 6.07) is 14.0. The van der Waals surface area contributed by atoms with Crippen LogP contribution in [0, 0.1) is 0 Å². The summed E-state index contributed by atoms with van der Waals surface area (Å²) in [5.41, 5.74) is 3.59. The second-order valence-corrected chi connectivity index (χ2v) is 8.58. The molecule has 2 N–H and O–H groups in total. The van der Waals surface area contributed by atoms with Gasteiger partial charge in [-0.15, -0.1) is 0 Å². The molecular formula is C22H31NO2. The molecule has 0 atom stereocenters. The van der Waals surface area contributed by atoms with Gasteiger partial charge in [0.25, 0.3) is 0 Å². The Kier molecular flexibility index (Phi) is 5.79. The summed E-state index contributed by atoms with van der Waals surface area (Å²) in [5, 5.41) is 13.3. The molecule has 136 valence electrons. The molecule has 2 rings (SSSR count). The summed E-state index contributed by atoms with van der Waals surface area (Å²) in [5.74, 6) is 1.16. The van der Waals surface area contributed by atoms with Gasteiger partial charge in [0.05, 0.1) is 0 Å². The monoisotopic (exact) mass is 341 g/mol. The van der Waals surface area contributed by atoms with Gasteiger partial charge < -0.3 is 9.84 Å². The van der Waals surface area contributed by atoms with Crippen molar-refractivity contribution < 1.29 is 9.84 Å². The Morgan fingerprint density at radius 3 is 1.96 bits per heavy atom. The fourth-order valence-electron chi connectivity index (χ4n) is 2.56. The average molecular weight is 341 g/mol. The van der Waals surface area contributed by atoms with Crippen molar-refractivity contribution in [2.24, 2.45) is 0 Å². The predicted molar refractivity (Wildman–Crippen MR) is 104 cm³/mol. The van der Waals surface area contributed by atoms with E-state index >= 15 is 0 Å². The quantitative estimate of drug-likeness (QED) is 0.586. The minimum Gasteiger partial charge on any atom is -0.508 e. The number of hydrogen-bond donors (Lipinski definition) is 2. The lowest BCUT2D eigenvalue weighted by molar-refractivity contribution is 0.281. The van der Waals surface area contributed by atoms with Crippen molar-refractivity contribution in [1.82, 2.24) is 5.32 Å². The van der Waals surface area contributed by atoms with Crippen LogP contribution in [0.3, 0.4) is 0 Å². The van der Waals surface area contributed by atoms with Crippen LogP contribution in [0.2, 0.25) is 0 Å². The molecule has 0 bridgehead atoms. The first kappa shape index (κ1) is 19.3. The van der Waals surface area contributed by atoms with Crippen molar-refractivity contribution in [2.45, 2.75) is 58.9 Å². The maximum atomic E-state index is 10.0. The summed E-state index contributed by atoms with van der Waals surface area (Å²) in [6.07, 6.45) is 0. The van der Waals surface area contributed by atoms with E-state index in [-0.39, 0.29) is 10.8 Å². The molecule has 0 aromatic heterocycles. The summed E-state index contributed by atoms with van der Waals surface area (Å²) < 4.78 is 5.74. The zero-order valence-corrected chi connectivity index (χ0v) is 16.3. The highest BCUT2D eigenvalue weighted by atomic mass is 16.5. The van der Waals surface area contributed by atoms with Crippen molar-refractivity contribution in [3.8, 4) is 11.5 Å². The average Bonchev–Trinajstić information content (AvgIpc) is 2.51. The van der Waals surface area contributed by atoms with Gasteiger partial charge in [-0.25, -0.2) is 0 Å². The zero-order valence-electron chi connectivity index (χ0n) is 16.3. The molecule has 3 heteroatoms. The van der Waals surface area contributed by atoms with E-state index in [1.165, 1.54) is 11.1 Å². The second kappa shape index (κ2) is 7.49. The molecule has 0 amide bonds. The molecule has 0 radical (unpaired) electrons. The number of ether oxygens (including phenoxy) is 1. The SMILES string of the molecule is CC(C)(C)c1ccc(OCNCc2cc(C(C)(C)C)ccc2O)cc1. The molecule has 0 spiro atoms. The Hall–Kier alpha value is -2.00. The van der Waals surface area contributed by atoms with Crippen LogP contribution in [-0.2, 0) is 17.4 Å². The Labute approximate surface area is 152 Å². The number of hydrogen-bond acceptors (Lipinski definition) is 3. The highest BCUT2D eigenvalue weighted by Gasteiger charge is 2.15. The lowest BCUT2D eigenvalue weighted by atomic mass is 9.86. The summed E-state index contributed by atoms with van der Waals surface area (Å²) >= 11 is 0. The first-order valence-electron chi connectivity index (χ1n) is 8.84. The smallest absolute Gasteiger partial charge is 0.139 e. The topological polar surface area (TPSA) is 41.5 Å². The predicted octanol–water partition coefficient (Wildman–Crippen LogP) is 5.11. The van der Waals surface area contributed by atoms with E-state index in [0.717, 1.165) is 11.3 Å². The van der Waals surface area contributed by atoms with E-state index in [1.807, 2.05) is 18.2 Å². The van der Waals surface area contributed by atoms with Crippen molar-refractivity contribution >= 4 is 0 Å². The van der Waals surface area contributed by atoms with E-state index in [2.05, 4.69) is 65.1 Å². The van der Waals surface area contributed by atoms with Crippen LogP contribution in [0.15, 0.2) is 42.5 Å². The third kappa shape index (κ3) is 5.50. The molecule has 0 saturated carbocycles. The Balaban J connectivity index is 1.89. The molecule has 2 aromatic rings. The fraction of sp³-hybridized carbons (Fsp3) is 0.455. The van der Waals surface area contributed by atoms with Gasteiger partial charge in [0, 0.05) is 12.1 Å². The van der Waals surface area contributed by atoms with Crippen LogP contribution in [0.1, 0.15) is 58.2 Å². The molecule has 0 aliphatic carbocycles. The van der Waals surface area contributed by atoms with E-state index in [0.29, 0.717) is 19.0 Å². The molecule has 3 nitrogen and oxygen atoms in total. The first-order chi connectivity index (χ1) is 11.6. The number of nitrogens with one attached hydrogen (secondary N) is 1. The van der Waals surface area contributed by atoms with E-state index in [4.69, 9.17) is 4.74 Å². The number of benzene rings is 2. The molecule has 2 aromatic carbocycles. The highest BCUT2D eigenvalue weighted by Crippen LogP contribution is 2.27. The second-order valence-electron chi connectivity index (χ2n) is 8.58. The van der Waals surface area contributed by atoms with E-state index in [1.54, 1.807) is 6.07 Å². The van der Waals surface area contributed by atoms with E-state index in [9.17, 15) is 5.11 Å².